The molecule has 0 radical (unpaired) electrons. The Morgan fingerprint density at radius 3 is 2.31 bits per heavy atom. The lowest BCUT2D eigenvalue weighted by Gasteiger charge is -2.39. The first-order valence-corrected chi connectivity index (χ1v) is 13.0. The molecule has 2 aliphatic rings. The molecule has 1 saturated carbocycles. The maximum absolute atomic E-state index is 2.58. The number of unbranched alkanes of at least 4 members (excludes halogenated alkanes) is 1. The van der Waals surface area contributed by atoms with Crippen LogP contribution < -0.4 is 0 Å². The van der Waals surface area contributed by atoms with Crippen molar-refractivity contribution in [3.05, 3.63) is 47.0 Å². The van der Waals surface area contributed by atoms with Crippen molar-refractivity contribution in [1.29, 1.82) is 0 Å². The Morgan fingerprint density at radius 2 is 1.66 bits per heavy atom. The van der Waals surface area contributed by atoms with E-state index in [-0.39, 0.29) is 0 Å². The first-order valence-electron chi connectivity index (χ1n) is 13.0. The van der Waals surface area contributed by atoms with Gasteiger partial charge in [-0.1, -0.05) is 88.3 Å². The summed E-state index contributed by atoms with van der Waals surface area (Å²) < 4.78 is 0. The van der Waals surface area contributed by atoms with E-state index in [0.29, 0.717) is 5.41 Å². The third kappa shape index (κ3) is 7.01. The maximum Gasteiger partial charge on any atom is -0.0125 e. The highest BCUT2D eigenvalue weighted by Gasteiger charge is 2.32. The minimum atomic E-state index is 0.662. The lowest BCUT2D eigenvalue weighted by atomic mass is 9.67. The van der Waals surface area contributed by atoms with Crippen molar-refractivity contribution in [3.63, 3.8) is 0 Å². The van der Waals surface area contributed by atoms with Crippen molar-refractivity contribution in [2.24, 2.45) is 5.41 Å². The van der Waals surface area contributed by atoms with Crippen molar-refractivity contribution in [1.82, 2.24) is 0 Å². The van der Waals surface area contributed by atoms with Gasteiger partial charge in [0.1, 0.15) is 0 Å². The van der Waals surface area contributed by atoms with E-state index in [4.69, 9.17) is 0 Å². The van der Waals surface area contributed by atoms with E-state index in [0.717, 1.165) is 5.92 Å². The molecule has 1 aromatic rings. The molecule has 0 bridgehead atoms. The molecule has 0 heterocycles. The molecule has 1 aromatic carbocycles. The summed E-state index contributed by atoms with van der Waals surface area (Å²) in [5, 5.41) is 0. The predicted molar refractivity (Wildman–Crippen MR) is 129 cm³/mol. The first-order chi connectivity index (χ1) is 14.2. The van der Waals surface area contributed by atoms with E-state index in [2.05, 4.69) is 44.2 Å². The van der Waals surface area contributed by atoms with E-state index in [9.17, 15) is 0 Å². The van der Waals surface area contributed by atoms with E-state index in [1.807, 2.05) is 0 Å². The molecule has 0 nitrogen and oxygen atoms in total. The Balaban J connectivity index is 1.71. The highest BCUT2D eigenvalue weighted by molar-refractivity contribution is 5.27. The third-order valence-electron chi connectivity index (χ3n) is 7.88. The van der Waals surface area contributed by atoms with Crippen LogP contribution in [0, 0.1) is 5.41 Å². The Kier molecular flexibility index (Phi) is 9.35. The summed E-state index contributed by atoms with van der Waals surface area (Å²) in [5.74, 6) is 0.732. The van der Waals surface area contributed by atoms with Gasteiger partial charge in [0.2, 0.25) is 0 Å². The number of hydrogen-bond acceptors (Lipinski definition) is 0. The van der Waals surface area contributed by atoms with Crippen LogP contribution in [0.5, 0.6) is 0 Å². The average Bonchev–Trinajstić information content (AvgIpc) is 2.77. The van der Waals surface area contributed by atoms with Crippen molar-refractivity contribution < 1.29 is 0 Å². The molecule has 1 unspecified atom stereocenters. The quantitative estimate of drug-likeness (QED) is 0.328. The summed E-state index contributed by atoms with van der Waals surface area (Å²) in [6.45, 7) is 4.65. The van der Waals surface area contributed by atoms with Crippen LogP contribution in [0.1, 0.15) is 134 Å². The summed E-state index contributed by atoms with van der Waals surface area (Å²) in [4.78, 5) is 0. The van der Waals surface area contributed by atoms with Gasteiger partial charge in [0.05, 0.1) is 0 Å². The average molecular weight is 395 g/mol. The van der Waals surface area contributed by atoms with Crippen LogP contribution in [-0.2, 0) is 6.42 Å². The molecular weight excluding hydrogens is 348 g/mol. The zero-order valence-electron chi connectivity index (χ0n) is 19.5. The van der Waals surface area contributed by atoms with Crippen LogP contribution in [-0.4, -0.2) is 0 Å². The van der Waals surface area contributed by atoms with Crippen LogP contribution >= 0.6 is 0 Å². The number of hydrogen-bond donors (Lipinski definition) is 0. The topological polar surface area (TPSA) is 0 Å². The molecule has 29 heavy (non-hydrogen) atoms. The molecule has 0 aliphatic heterocycles. The van der Waals surface area contributed by atoms with Gasteiger partial charge in [-0.25, -0.2) is 0 Å². The van der Waals surface area contributed by atoms with Gasteiger partial charge in [0, 0.05) is 0 Å². The van der Waals surface area contributed by atoms with Crippen molar-refractivity contribution in [2.45, 2.75) is 129 Å². The minimum Gasteiger partial charge on any atom is -0.0853 e. The van der Waals surface area contributed by atoms with E-state index < -0.39 is 0 Å². The second-order valence-electron chi connectivity index (χ2n) is 10.2. The molecule has 0 spiro atoms. The van der Waals surface area contributed by atoms with Gasteiger partial charge in [0.15, 0.2) is 0 Å². The highest BCUT2D eigenvalue weighted by atomic mass is 14.4. The number of rotatable bonds is 11. The van der Waals surface area contributed by atoms with Gasteiger partial charge in [0.25, 0.3) is 0 Å². The molecule has 2 aliphatic carbocycles. The van der Waals surface area contributed by atoms with E-state index in [1.54, 1.807) is 11.1 Å². The lowest BCUT2D eigenvalue weighted by Crippen LogP contribution is -2.25. The SMILES string of the molecule is CCCCC1(CCC(CC2=CCCCC2)c2ccc(CCC)cc2)CCCCC1. The Hall–Kier alpha value is -1.04. The standard InChI is InChI=1S/C29H46/c1-3-5-20-29(21-10-7-11-22-29)23-19-28(24-26-13-8-6-9-14-26)27-17-15-25(12-4-2)16-18-27/h13,15-18,28H,3-12,14,19-24H2,1-2H3. The van der Waals surface area contributed by atoms with Gasteiger partial charge in [-0.15, -0.1) is 0 Å². The first kappa shape index (κ1) is 22.6. The largest absolute Gasteiger partial charge is 0.0853 e. The van der Waals surface area contributed by atoms with Crippen LogP contribution in [0.2, 0.25) is 0 Å². The second kappa shape index (κ2) is 12.0. The smallest absolute Gasteiger partial charge is 0.0125 e. The summed E-state index contributed by atoms with van der Waals surface area (Å²) in [5.41, 5.74) is 5.54. The molecule has 0 aromatic heterocycles. The molecular formula is C29H46. The molecule has 0 saturated heterocycles. The molecule has 1 atom stereocenters. The zero-order valence-corrected chi connectivity index (χ0v) is 19.5. The normalized spacial score (nSPS) is 20.3. The Bertz CT molecular complexity index is 599. The molecule has 0 N–H and O–H groups in total. The van der Waals surface area contributed by atoms with E-state index in [1.165, 1.54) is 115 Å². The van der Waals surface area contributed by atoms with Crippen LogP contribution in [0.25, 0.3) is 0 Å². The third-order valence-corrected chi connectivity index (χ3v) is 7.88. The fourth-order valence-corrected chi connectivity index (χ4v) is 6.00. The Morgan fingerprint density at radius 1 is 0.862 bits per heavy atom. The summed E-state index contributed by atoms with van der Waals surface area (Å²) in [6, 6.07) is 9.76. The van der Waals surface area contributed by atoms with Gasteiger partial charge >= 0.3 is 0 Å². The molecule has 162 valence electrons. The van der Waals surface area contributed by atoms with Crippen LogP contribution in [0.3, 0.4) is 0 Å². The Labute approximate surface area is 181 Å². The van der Waals surface area contributed by atoms with Crippen molar-refractivity contribution in [2.75, 3.05) is 0 Å². The van der Waals surface area contributed by atoms with Gasteiger partial charge < -0.3 is 0 Å². The van der Waals surface area contributed by atoms with Gasteiger partial charge in [-0.2, -0.15) is 0 Å². The summed E-state index contributed by atoms with van der Waals surface area (Å²) in [7, 11) is 0. The zero-order chi connectivity index (χ0) is 20.4. The second-order valence-corrected chi connectivity index (χ2v) is 10.2. The highest BCUT2D eigenvalue weighted by Crippen LogP contribution is 2.46. The van der Waals surface area contributed by atoms with E-state index >= 15 is 0 Å². The fourth-order valence-electron chi connectivity index (χ4n) is 6.00. The monoisotopic (exact) mass is 394 g/mol. The molecule has 3 rings (SSSR count). The molecule has 1 fully saturated rings. The van der Waals surface area contributed by atoms with Gasteiger partial charge in [-0.05, 0) is 93.1 Å². The fraction of sp³-hybridized carbons (Fsp3) is 0.724. The number of aryl methyl sites for hydroxylation is 1. The summed E-state index contributed by atoms with van der Waals surface area (Å²) in [6.07, 6.45) is 26.4. The number of benzene rings is 1. The van der Waals surface area contributed by atoms with Gasteiger partial charge in [-0.3, -0.25) is 0 Å². The number of allylic oxidation sites excluding steroid dienone is 2. The maximum atomic E-state index is 2.58. The van der Waals surface area contributed by atoms with Crippen LogP contribution in [0.15, 0.2) is 35.9 Å². The molecule has 0 amide bonds. The van der Waals surface area contributed by atoms with Crippen molar-refractivity contribution in [3.8, 4) is 0 Å². The predicted octanol–water partition coefficient (Wildman–Crippen LogP) is 9.53. The minimum absolute atomic E-state index is 0.662. The lowest BCUT2D eigenvalue weighted by molar-refractivity contribution is 0.145. The van der Waals surface area contributed by atoms with Crippen LogP contribution in [0.4, 0.5) is 0 Å². The van der Waals surface area contributed by atoms with Crippen molar-refractivity contribution >= 4 is 0 Å². The molecule has 0 heteroatoms. The summed E-state index contributed by atoms with van der Waals surface area (Å²) >= 11 is 0.